The van der Waals surface area contributed by atoms with Gasteiger partial charge in [-0.15, -0.1) is 0 Å². The van der Waals surface area contributed by atoms with Crippen molar-refractivity contribution in [2.45, 2.75) is 167 Å². The van der Waals surface area contributed by atoms with Gasteiger partial charge in [-0.2, -0.15) is 0 Å². The molecule has 0 aromatic rings. The fourth-order valence-electron chi connectivity index (χ4n) is 8.61. The Labute approximate surface area is 292 Å². The van der Waals surface area contributed by atoms with Crippen molar-refractivity contribution in [2.24, 2.45) is 17.3 Å². The van der Waals surface area contributed by atoms with Gasteiger partial charge in [-0.25, -0.2) is 4.79 Å². The van der Waals surface area contributed by atoms with E-state index in [2.05, 4.69) is 79.3 Å². The van der Waals surface area contributed by atoms with E-state index in [4.69, 9.17) is 25.5 Å². The molecule has 13 heteroatoms. The average Bonchev–Trinajstić information content (AvgIpc) is 2.90. The van der Waals surface area contributed by atoms with Gasteiger partial charge in [-0.1, -0.05) is 25.7 Å². The number of carbonyl (C=O) groups is 5. The largest absolute Gasteiger partial charge is 0.481 e. The maximum absolute atomic E-state index is 13.6. The minimum atomic E-state index is -2.74. The third-order valence-electron chi connectivity index (χ3n) is 11.7. The zero-order valence-electron chi connectivity index (χ0n) is 31.5. The predicted octanol–water partition coefficient (Wildman–Crippen LogP) is 5.42. The second-order valence-electron chi connectivity index (χ2n) is 17.1. The van der Waals surface area contributed by atoms with Crippen molar-refractivity contribution in [2.75, 3.05) is 14.1 Å². The fraction of sp³-hybridized carbons (Fsp3) is 0.861. The number of hydrogen-bond donors (Lipinski definition) is 6. The number of aliphatic carboxylic acids is 5. The second kappa shape index (κ2) is 16.5. The van der Waals surface area contributed by atoms with Gasteiger partial charge in [0.05, 0.1) is 18.3 Å². The molecule has 0 amide bonds. The molecule has 0 saturated carbocycles. The monoisotopic (exact) mass is 700 g/mol. The number of hydrogen-bond acceptors (Lipinski definition) is 8. The molecule has 2 heterocycles. The number of carboxylic acid groups (broad SMARTS) is 5. The Hall–Kier alpha value is -2.77. The Balaban J connectivity index is 0.000000779. The summed E-state index contributed by atoms with van der Waals surface area (Å²) < 4.78 is 0. The van der Waals surface area contributed by atoms with Crippen LogP contribution in [0.1, 0.15) is 139 Å². The van der Waals surface area contributed by atoms with Gasteiger partial charge in [0.25, 0.3) is 0 Å². The molecule has 2 rings (SSSR count). The van der Waals surface area contributed by atoms with Crippen LogP contribution in [0.4, 0.5) is 0 Å². The van der Waals surface area contributed by atoms with Crippen molar-refractivity contribution in [3.63, 3.8) is 0 Å². The van der Waals surface area contributed by atoms with Crippen LogP contribution in [-0.2, 0) is 24.0 Å². The Morgan fingerprint density at radius 3 is 1.16 bits per heavy atom. The lowest BCUT2D eigenvalue weighted by molar-refractivity contribution is -0.176. The first-order chi connectivity index (χ1) is 22.1. The summed E-state index contributed by atoms with van der Waals surface area (Å²) in [7, 11) is 4.38. The third-order valence-corrected chi connectivity index (χ3v) is 11.7. The van der Waals surface area contributed by atoms with Gasteiger partial charge in [0.1, 0.15) is 0 Å². The highest BCUT2D eigenvalue weighted by Crippen LogP contribution is 2.58. The highest BCUT2D eigenvalue weighted by molar-refractivity contribution is 5.88. The first-order valence-corrected chi connectivity index (χ1v) is 17.4. The molecule has 0 radical (unpaired) electrons. The summed E-state index contributed by atoms with van der Waals surface area (Å²) in [5.74, 6) is -6.13. The zero-order valence-corrected chi connectivity index (χ0v) is 31.5. The topological polar surface area (TPSA) is 213 Å². The van der Waals surface area contributed by atoms with Crippen LogP contribution in [0.2, 0.25) is 0 Å². The molecule has 284 valence electrons. The van der Waals surface area contributed by atoms with Gasteiger partial charge in [-0.05, 0) is 120 Å². The minimum Gasteiger partial charge on any atom is -0.481 e. The fourth-order valence-corrected chi connectivity index (χ4v) is 8.61. The van der Waals surface area contributed by atoms with E-state index in [0.717, 1.165) is 51.4 Å². The molecule has 0 aromatic heterocycles. The Morgan fingerprint density at radius 1 is 0.551 bits per heavy atom. The smallest absolute Gasteiger partial charge is 0.336 e. The molecule has 13 nitrogen and oxygen atoms in total. The van der Waals surface area contributed by atoms with Gasteiger partial charge in [0.2, 0.25) is 0 Å². The summed E-state index contributed by atoms with van der Waals surface area (Å²) in [5, 5.41) is 53.9. The number of unbranched alkanes of at least 4 members (excludes halogenated alkanes) is 4. The third kappa shape index (κ3) is 11.4. The Kier molecular flexibility index (Phi) is 14.9. The highest BCUT2D eigenvalue weighted by Gasteiger charge is 2.60. The average molecular weight is 701 g/mol. The number of nitrogens with zero attached hydrogens (tertiary/aromatic N) is 2. The van der Waals surface area contributed by atoms with Crippen LogP contribution in [0, 0.1) is 17.3 Å². The summed E-state index contributed by atoms with van der Waals surface area (Å²) >= 11 is 0. The van der Waals surface area contributed by atoms with Crippen molar-refractivity contribution in [3.05, 3.63) is 0 Å². The molecular weight excluding hydrogens is 636 g/mol. The molecule has 2 fully saturated rings. The van der Waals surface area contributed by atoms with Gasteiger partial charge in [-0.3, -0.25) is 29.0 Å². The Bertz CT molecular complexity index is 1100. The van der Waals surface area contributed by atoms with E-state index in [1.54, 1.807) is 0 Å². The summed E-state index contributed by atoms with van der Waals surface area (Å²) in [4.78, 5) is 59.8. The lowest BCUT2D eigenvalue weighted by atomic mass is 9.52. The first kappa shape index (κ1) is 44.3. The number of piperidine rings is 2. The quantitative estimate of drug-likeness (QED) is 0.111. The van der Waals surface area contributed by atoms with Crippen LogP contribution in [0.3, 0.4) is 0 Å². The number of rotatable bonds is 16. The van der Waals surface area contributed by atoms with E-state index in [-0.39, 0.29) is 40.4 Å². The van der Waals surface area contributed by atoms with Gasteiger partial charge in [0.15, 0.2) is 5.60 Å². The van der Waals surface area contributed by atoms with Crippen molar-refractivity contribution in [1.82, 2.24) is 9.80 Å². The van der Waals surface area contributed by atoms with Crippen molar-refractivity contribution < 1.29 is 54.6 Å². The SMILES string of the molecule is CN1C(C)(C)CC(C(CCCCCCCC(=O)O)(C(=O)O)C2CC(C)(C)N(C)C(C)(C)C2)CC1(C)C.O=C(O)CC(O)(CC(=O)O)C(=O)O. The Morgan fingerprint density at radius 2 is 0.878 bits per heavy atom. The van der Waals surface area contributed by atoms with E-state index in [1.165, 1.54) is 0 Å². The second-order valence-corrected chi connectivity index (χ2v) is 17.1. The molecule has 0 aromatic carbocycles. The molecule has 2 saturated heterocycles. The predicted molar refractivity (Wildman–Crippen MR) is 184 cm³/mol. The molecule has 0 atom stereocenters. The van der Waals surface area contributed by atoms with Crippen LogP contribution < -0.4 is 0 Å². The lowest BCUT2D eigenvalue weighted by Crippen LogP contribution is -2.65. The molecular formula is C36H64N2O11. The molecule has 49 heavy (non-hydrogen) atoms. The highest BCUT2D eigenvalue weighted by atomic mass is 16.4. The first-order valence-electron chi connectivity index (χ1n) is 17.4. The molecule has 0 spiro atoms. The van der Waals surface area contributed by atoms with E-state index in [0.29, 0.717) is 12.8 Å². The molecule has 6 N–H and O–H groups in total. The van der Waals surface area contributed by atoms with E-state index >= 15 is 0 Å². The number of aliphatic hydroxyl groups is 1. The molecule has 0 bridgehead atoms. The van der Waals surface area contributed by atoms with Gasteiger partial charge in [0, 0.05) is 28.6 Å². The minimum absolute atomic E-state index is 0.0690. The maximum atomic E-state index is 13.6. The lowest BCUT2D eigenvalue weighted by Gasteiger charge is -2.61. The summed E-state index contributed by atoms with van der Waals surface area (Å²) in [6, 6.07) is 0. The molecule has 2 aliphatic heterocycles. The van der Waals surface area contributed by atoms with Crippen LogP contribution in [0.5, 0.6) is 0 Å². The zero-order chi connectivity index (χ0) is 38.4. The normalized spacial score (nSPS) is 21.3. The summed E-state index contributed by atoms with van der Waals surface area (Å²) in [5.41, 5.74) is -3.77. The van der Waals surface area contributed by atoms with Crippen LogP contribution in [0.25, 0.3) is 0 Å². The maximum Gasteiger partial charge on any atom is 0.336 e. The van der Waals surface area contributed by atoms with Crippen LogP contribution >= 0.6 is 0 Å². The molecule has 0 aliphatic carbocycles. The number of carboxylic acids is 5. The van der Waals surface area contributed by atoms with Gasteiger partial charge < -0.3 is 30.6 Å². The summed E-state index contributed by atoms with van der Waals surface area (Å²) in [6.07, 6.45) is 6.64. The molecule has 0 unspecified atom stereocenters. The van der Waals surface area contributed by atoms with Crippen LogP contribution in [0.15, 0.2) is 0 Å². The van der Waals surface area contributed by atoms with Crippen molar-refractivity contribution in [3.8, 4) is 0 Å². The summed E-state index contributed by atoms with van der Waals surface area (Å²) in [6.45, 7) is 18.2. The number of likely N-dealkylation sites (tertiary alicyclic amines) is 2. The van der Waals surface area contributed by atoms with E-state index < -0.39 is 53.7 Å². The van der Waals surface area contributed by atoms with Crippen molar-refractivity contribution in [1.29, 1.82) is 0 Å². The van der Waals surface area contributed by atoms with Crippen LogP contribution in [-0.4, -0.2) is 112 Å². The molecule has 2 aliphatic rings. The standard InChI is InChI=1S/C30H56N2O4.C6H8O7/c1-26(2)18-22(19-27(3,4)31(26)9)30(25(35)36,17-15-13-11-12-14-16-24(33)34)23-20-28(5,6)32(10)29(7,8)21-23;7-3(8)1-6(13,5(11)12)2-4(9)10/h22-23H,11-21H2,1-10H3,(H,33,34)(H,35,36);13H,1-2H2,(H,7,8)(H,9,10)(H,11,12). The van der Waals surface area contributed by atoms with Gasteiger partial charge >= 0.3 is 29.8 Å². The van der Waals surface area contributed by atoms with Crippen molar-refractivity contribution >= 4 is 29.8 Å². The van der Waals surface area contributed by atoms with E-state index in [1.807, 2.05) is 0 Å². The van der Waals surface area contributed by atoms with E-state index in [9.17, 15) is 29.1 Å².